The molecule has 0 aromatic carbocycles. The van der Waals surface area contributed by atoms with Crippen LogP contribution in [0.15, 0.2) is 0 Å². The van der Waals surface area contributed by atoms with E-state index in [1.54, 1.807) is 0 Å². The van der Waals surface area contributed by atoms with E-state index in [0.717, 1.165) is 12.0 Å². The van der Waals surface area contributed by atoms with Gasteiger partial charge in [-0.3, -0.25) is 4.90 Å². The lowest BCUT2D eigenvalue weighted by Crippen LogP contribution is -2.49. The second-order valence-corrected chi connectivity index (χ2v) is 4.71. The van der Waals surface area contributed by atoms with Crippen molar-refractivity contribution >= 4 is 0 Å². The summed E-state index contributed by atoms with van der Waals surface area (Å²) in [5, 5.41) is 3.42. The molecule has 1 saturated heterocycles. The van der Waals surface area contributed by atoms with Gasteiger partial charge in [-0.2, -0.15) is 0 Å². The van der Waals surface area contributed by atoms with Gasteiger partial charge in [-0.15, -0.1) is 0 Å². The summed E-state index contributed by atoms with van der Waals surface area (Å²) in [6, 6.07) is 0.908. The highest BCUT2D eigenvalue weighted by Crippen LogP contribution is 2.27. The SMILES string of the molecule is C[C@H]1CCC[C@@H](N2CCNCC2)C1. The molecule has 0 amide bonds. The first-order chi connectivity index (χ1) is 6.36. The maximum absolute atomic E-state index is 3.42. The molecule has 76 valence electrons. The van der Waals surface area contributed by atoms with E-state index in [0.29, 0.717) is 0 Å². The molecular formula is C11H22N2. The lowest BCUT2D eigenvalue weighted by atomic mass is 9.86. The van der Waals surface area contributed by atoms with Gasteiger partial charge in [-0.25, -0.2) is 0 Å². The molecule has 1 N–H and O–H groups in total. The molecule has 0 aromatic rings. The molecule has 0 spiro atoms. The van der Waals surface area contributed by atoms with Crippen LogP contribution < -0.4 is 5.32 Å². The number of nitrogens with zero attached hydrogens (tertiary/aromatic N) is 1. The normalized spacial score (nSPS) is 37.6. The second-order valence-electron chi connectivity index (χ2n) is 4.71. The Hall–Kier alpha value is -0.0800. The molecule has 2 nitrogen and oxygen atoms in total. The molecule has 2 aliphatic rings. The van der Waals surface area contributed by atoms with E-state index in [4.69, 9.17) is 0 Å². The molecule has 2 rings (SSSR count). The summed E-state index contributed by atoms with van der Waals surface area (Å²) in [4.78, 5) is 2.70. The largest absolute Gasteiger partial charge is 0.314 e. The van der Waals surface area contributed by atoms with E-state index >= 15 is 0 Å². The Bertz CT molecular complexity index is 152. The minimum atomic E-state index is 0.908. The van der Waals surface area contributed by atoms with Crippen molar-refractivity contribution < 1.29 is 0 Å². The van der Waals surface area contributed by atoms with Crippen molar-refractivity contribution in [3.63, 3.8) is 0 Å². The Balaban J connectivity index is 1.83. The van der Waals surface area contributed by atoms with Crippen molar-refractivity contribution in [2.45, 2.75) is 38.6 Å². The fourth-order valence-corrected chi connectivity index (χ4v) is 2.78. The average Bonchev–Trinajstić information content (AvgIpc) is 2.19. The quantitative estimate of drug-likeness (QED) is 0.660. The topological polar surface area (TPSA) is 15.3 Å². The first kappa shape index (κ1) is 9.47. The zero-order valence-electron chi connectivity index (χ0n) is 8.76. The molecule has 0 bridgehead atoms. The fourth-order valence-electron chi connectivity index (χ4n) is 2.78. The van der Waals surface area contributed by atoms with E-state index in [9.17, 15) is 0 Å². The highest BCUT2D eigenvalue weighted by Gasteiger charge is 2.25. The molecule has 0 radical (unpaired) electrons. The Morgan fingerprint density at radius 2 is 1.92 bits per heavy atom. The standard InChI is InChI=1S/C11H22N2/c1-10-3-2-4-11(9-10)13-7-5-12-6-8-13/h10-12H,2-9H2,1H3/t10-,11+/m0/s1. The van der Waals surface area contributed by atoms with Gasteiger partial charge in [-0.05, 0) is 18.8 Å². The number of hydrogen-bond donors (Lipinski definition) is 1. The van der Waals surface area contributed by atoms with E-state index in [1.807, 2.05) is 0 Å². The van der Waals surface area contributed by atoms with Gasteiger partial charge in [0.1, 0.15) is 0 Å². The minimum absolute atomic E-state index is 0.908. The van der Waals surface area contributed by atoms with Crippen LogP contribution in [0.4, 0.5) is 0 Å². The fraction of sp³-hybridized carbons (Fsp3) is 1.00. The van der Waals surface area contributed by atoms with Crippen molar-refractivity contribution in [3.05, 3.63) is 0 Å². The van der Waals surface area contributed by atoms with Crippen LogP contribution in [0.2, 0.25) is 0 Å². The molecule has 1 heterocycles. The summed E-state index contributed by atoms with van der Waals surface area (Å²) in [5.74, 6) is 0.966. The molecule has 2 atom stereocenters. The molecule has 2 heteroatoms. The highest BCUT2D eigenvalue weighted by molar-refractivity contribution is 4.81. The molecule has 0 aromatic heterocycles. The molecule has 1 saturated carbocycles. The minimum Gasteiger partial charge on any atom is -0.314 e. The first-order valence-corrected chi connectivity index (χ1v) is 5.81. The lowest BCUT2D eigenvalue weighted by molar-refractivity contribution is 0.120. The predicted octanol–water partition coefficient (Wildman–Crippen LogP) is 1.47. The molecular weight excluding hydrogens is 160 g/mol. The maximum atomic E-state index is 3.42. The van der Waals surface area contributed by atoms with Crippen LogP contribution in [0.5, 0.6) is 0 Å². The van der Waals surface area contributed by atoms with Crippen LogP contribution in [0, 0.1) is 5.92 Å². The predicted molar refractivity (Wildman–Crippen MR) is 55.9 cm³/mol. The number of piperazine rings is 1. The van der Waals surface area contributed by atoms with E-state index in [-0.39, 0.29) is 0 Å². The maximum Gasteiger partial charge on any atom is 0.0110 e. The number of rotatable bonds is 1. The zero-order chi connectivity index (χ0) is 9.10. The highest BCUT2D eigenvalue weighted by atomic mass is 15.2. The third-order valence-corrected chi connectivity index (χ3v) is 3.58. The molecule has 1 aliphatic heterocycles. The summed E-state index contributed by atoms with van der Waals surface area (Å²) < 4.78 is 0. The van der Waals surface area contributed by atoms with Crippen LogP contribution in [-0.4, -0.2) is 37.1 Å². The van der Waals surface area contributed by atoms with Gasteiger partial charge in [-0.1, -0.05) is 19.8 Å². The number of hydrogen-bond acceptors (Lipinski definition) is 2. The van der Waals surface area contributed by atoms with Crippen LogP contribution in [0.3, 0.4) is 0 Å². The number of nitrogens with one attached hydrogen (secondary N) is 1. The van der Waals surface area contributed by atoms with Crippen LogP contribution in [0.25, 0.3) is 0 Å². The molecule has 2 fully saturated rings. The van der Waals surface area contributed by atoms with Crippen LogP contribution in [-0.2, 0) is 0 Å². The van der Waals surface area contributed by atoms with Crippen molar-refractivity contribution in [1.82, 2.24) is 10.2 Å². The molecule has 13 heavy (non-hydrogen) atoms. The van der Waals surface area contributed by atoms with Gasteiger partial charge in [0.05, 0.1) is 0 Å². The van der Waals surface area contributed by atoms with Gasteiger partial charge in [0.2, 0.25) is 0 Å². The lowest BCUT2D eigenvalue weighted by Gasteiger charge is -2.38. The van der Waals surface area contributed by atoms with Crippen LogP contribution >= 0.6 is 0 Å². The van der Waals surface area contributed by atoms with Gasteiger partial charge < -0.3 is 5.32 Å². The van der Waals surface area contributed by atoms with Gasteiger partial charge >= 0.3 is 0 Å². The van der Waals surface area contributed by atoms with E-state index < -0.39 is 0 Å². The van der Waals surface area contributed by atoms with Gasteiger partial charge in [0, 0.05) is 32.2 Å². The van der Waals surface area contributed by atoms with Gasteiger partial charge in [0.15, 0.2) is 0 Å². The Morgan fingerprint density at radius 3 is 2.62 bits per heavy atom. The average molecular weight is 182 g/mol. The summed E-state index contributed by atoms with van der Waals surface area (Å²) in [5.41, 5.74) is 0. The van der Waals surface area contributed by atoms with Crippen molar-refractivity contribution in [1.29, 1.82) is 0 Å². The Labute approximate surface area is 81.7 Å². The summed E-state index contributed by atoms with van der Waals surface area (Å²) >= 11 is 0. The Kier molecular flexibility index (Phi) is 3.23. The van der Waals surface area contributed by atoms with Crippen LogP contribution in [0.1, 0.15) is 32.6 Å². The monoisotopic (exact) mass is 182 g/mol. The third kappa shape index (κ3) is 2.44. The van der Waals surface area contributed by atoms with Crippen molar-refractivity contribution in [2.75, 3.05) is 26.2 Å². The summed E-state index contributed by atoms with van der Waals surface area (Å²) in [6.07, 6.45) is 5.81. The van der Waals surface area contributed by atoms with Crippen molar-refractivity contribution in [3.8, 4) is 0 Å². The third-order valence-electron chi connectivity index (χ3n) is 3.58. The van der Waals surface area contributed by atoms with E-state index in [1.165, 1.54) is 51.9 Å². The molecule has 1 aliphatic carbocycles. The smallest absolute Gasteiger partial charge is 0.0110 e. The summed E-state index contributed by atoms with van der Waals surface area (Å²) in [6.45, 7) is 7.36. The summed E-state index contributed by atoms with van der Waals surface area (Å²) in [7, 11) is 0. The zero-order valence-corrected chi connectivity index (χ0v) is 8.76. The van der Waals surface area contributed by atoms with Gasteiger partial charge in [0.25, 0.3) is 0 Å². The Morgan fingerprint density at radius 1 is 1.15 bits per heavy atom. The van der Waals surface area contributed by atoms with E-state index in [2.05, 4.69) is 17.1 Å². The second kappa shape index (κ2) is 4.43. The van der Waals surface area contributed by atoms with Crippen molar-refractivity contribution in [2.24, 2.45) is 5.92 Å². The molecule has 0 unspecified atom stereocenters. The first-order valence-electron chi connectivity index (χ1n) is 5.81.